The normalized spacial score (nSPS) is 19.6. The van der Waals surface area contributed by atoms with Gasteiger partial charge in [0, 0.05) is 18.5 Å². The van der Waals surface area contributed by atoms with Gasteiger partial charge in [0.25, 0.3) is 0 Å². The van der Waals surface area contributed by atoms with E-state index in [1.54, 1.807) is 0 Å². The Balaban J connectivity index is 0.00000288. The molecule has 2 atom stereocenters. The minimum atomic E-state index is -4.45. The van der Waals surface area contributed by atoms with Crippen LogP contribution in [0.4, 0.5) is 24.5 Å². The number of amides is 1. The van der Waals surface area contributed by atoms with E-state index >= 15 is 0 Å². The van der Waals surface area contributed by atoms with E-state index in [1.165, 1.54) is 6.07 Å². The van der Waals surface area contributed by atoms with Crippen molar-refractivity contribution in [1.82, 2.24) is 0 Å². The molecule has 2 unspecified atom stereocenters. The van der Waals surface area contributed by atoms with Crippen LogP contribution < -0.4 is 16.4 Å². The Bertz CT molecular complexity index is 570. The molecule has 1 saturated carbocycles. The first kappa shape index (κ1) is 23.8. The fourth-order valence-electron chi connectivity index (χ4n) is 2.73. The molecule has 1 fully saturated rings. The molecular weight excluding hydrogens is 378 g/mol. The average molecular weight is 402 g/mol. The predicted octanol–water partition coefficient (Wildman–Crippen LogP) is 4.44. The van der Waals surface area contributed by atoms with E-state index in [4.69, 9.17) is 5.73 Å². The second kappa shape index (κ2) is 10.1. The Morgan fingerprint density at radius 2 is 1.92 bits per heavy atom. The highest BCUT2D eigenvalue weighted by Gasteiger charge is 2.32. The van der Waals surface area contributed by atoms with Crippen molar-refractivity contribution in [2.75, 3.05) is 17.2 Å². The van der Waals surface area contributed by atoms with Crippen LogP contribution in [0.15, 0.2) is 18.2 Å². The lowest BCUT2D eigenvalue weighted by atomic mass is 10.1. The van der Waals surface area contributed by atoms with Crippen LogP contribution in [0.3, 0.4) is 0 Å². The van der Waals surface area contributed by atoms with Gasteiger partial charge in [0.2, 0.25) is 5.91 Å². The number of hydrogen-bond acceptors (Lipinski definition) is 3. The maximum atomic E-state index is 12.9. The molecule has 2 rings (SSSR count). The fourth-order valence-corrected chi connectivity index (χ4v) is 2.73. The Hall–Kier alpha value is -1.18. The summed E-state index contributed by atoms with van der Waals surface area (Å²) in [6, 6.07) is 3.34. The predicted molar refractivity (Wildman–Crippen MR) is 98.7 cm³/mol. The van der Waals surface area contributed by atoms with Gasteiger partial charge in [-0.1, -0.05) is 6.92 Å². The molecular formula is C16H24Cl2F3N3O. The summed E-state index contributed by atoms with van der Waals surface area (Å²) in [7, 11) is 0. The van der Waals surface area contributed by atoms with Crippen molar-refractivity contribution in [3.63, 3.8) is 0 Å². The number of carbonyl (C=O) groups excluding carboxylic acids is 1. The monoisotopic (exact) mass is 401 g/mol. The summed E-state index contributed by atoms with van der Waals surface area (Å²) in [5, 5.41) is 5.68. The van der Waals surface area contributed by atoms with E-state index < -0.39 is 11.7 Å². The molecule has 0 radical (unpaired) electrons. The van der Waals surface area contributed by atoms with Gasteiger partial charge in [0.05, 0.1) is 16.9 Å². The third-order valence-electron chi connectivity index (χ3n) is 4.01. The van der Waals surface area contributed by atoms with Gasteiger partial charge in [-0.05, 0) is 43.9 Å². The average Bonchev–Trinajstić information content (AvgIpc) is 2.91. The van der Waals surface area contributed by atoms with Gasteiger partial charge in [-0.2, -0.15) is 13.2 Å². The number of alkyl halides is 3. The van der Waals surface area contributed by atoms with Crippen LogP contribution in [0.1, 0.15) is 38.2 Å². The minimum Gasteiger partial charge on any atom is -0.383 e. The molecule has 4 nitrogen and oxygen atoms in total. The first-order valence-electron chi connectivity index (χ1n) is 7.82. The zero-order chi connectivity index (χ0) is 17.0. The number of halogens is 5. The van der Waals surface area contributed by atoms with Crippen molar-refractivity contribution >= 4 is 42.1 Å². The van der Waals surface area contributed by atoms with Crippen LogP contribution in [-0.2, 0) is 11.0 Å². The highest BCUT2D eigenvalue weighted by Crippen LogP contribution is 2.35. The second-order valence-corrected chi connectivity index (χ2v) is 5.94. The molecule has 25 heavy (non-hydrogen) atoms. The standard InChI is InChI=1S/C16H22F3N3O.2ClH/c1-2-7-21-13-6-4-11(16(17,18)19)9-14(13)22-15(23)10-3-5-12(20)8-10;;/h4,6,9-10,12,21H,2-3,5,7-8,20H2,1H3,(H,22,23);2*1H. The molecule has 144 valence electrons. The van der Waals surface area contributed by atoms with Crippen LogP contribution in [0, 0.1) is 5.92 Å². The molecule has 0 heterocycles. The summed E-state index contributed by atoms with van der Waals surface area (Å²) in [5.74, 6) is -0.504. The molecule has 0 spiro atoms. The topological polar surface area (TPSA) is 67.1 Å². The Kier molecular flexibility index (Phi) is 9.61. The van der Waals surface area contributed by atoms with Crippen molar-refractivity contribution in [2.45, 2.75) is 44.8 Å². The summed E-state index contributed by atoms with van der Waals surface area (Å²) in [5.41, 5.74) is 5.67. The lowest BCUT2D eigenvalue weighted by Gasteiger charge is -2.17. The second-order valence-electron chi connectivity index (χ2n) is 5.94. The first-order chi connectivity index (χ1) is 10.8. The lowest BCUT2D eigenvalue weighted by molar-refractivity contribution is -0.137. The van der Waals surface area contributed by atoms with Gasteiger partial charge in [0.1, 0.15) is 0 Å². The minimum absolute atomic E-state index is 0. The highest BCUT2D eigenvalue weighted by molar-refractivity contribution is 5.96. The molecule has 0 aliphatic heterocycles. The summed E-state index contributed by atoms with van der Waals surface area (Å²) in [6.45, 7) is 2.57. The molecule has 9 heteroatoms. The zero-order valence-corrected chi connectivity index (χ0v) is 15.5. The molecule has 1 amide bonds. The van der Waals surface area contributed by atoms with Gasteiger partial charge in [0.15, 0.2) is 0 Å². The van der Waals surface area contributed by atoms with Crippen molar-refractivity contribution in [2.24, 2.45) is 11.7 Å². The lowest BCUT2D eigenvalue weighted by Crippen LogP contribution is -2.24. The van der Waals surface area contributed by atoms with Gasteiger partial charge < -0.3 is 16.4 Å². The molecule has 0 bridgehead atoms. The number of benzene rings is 1. The third kappa shape index (κ3) is 6.56. The Labute approximate surface area is 157 Å². The van der Waals surface area contributed by atoms with Gasteiger partial charge in [-0.25, -0.2) is 0 Å². The molecule has 0 saturated heterocycles. The number of anilines is 2. The molecule has 1 aromatic carbocycles. The van der Waals surface area contributed by atoms with Gasteiger partial charge >= 0.3 is 6.18 Å². The van der Waals surface area contributed by atoms with E-state index in [0.717, 1.165) is 25.0 Å². The maximum absolute atomic E-state index is 12.9. The van der Waals surface area contributed by atoms with Crippen LogP contribution in [0.2, 0.25) is 0 Å². The molecule has 1 aliphatic carbocycles. The smallest absolute Gasteiger partial charge is 0.383 e. The van der Waals surface area contributed by atoms with E-state index in [1.807, 2.05) is 6.92 Å². The van der Waals surface area contributed by atoms with Gasteiger partial charge in [-0.15, -0.1) is 24.8 Å². The van der Waals surface area contributed by atoms with E-state index in [9.17, 15) is 18.0 Å². The molecule has 0 aromatic heterocycles. The third-order valence-corrected chi connectivity index (χ3v) is 4.01. The van der Waals surface area contributed by atoms with Crippen LogP contribution in [0.25, 0.3) is 0 Å². The number of hydrogen-bond donors (Lipinski definition) is 3. The Morgan fingerprint density at radius 3 is 2.44 bits per heavy atom. The highest BCUT2D eigenvalue weighted by atomic mass is 35.5. The molecule has 1 aromatic rings. The summed E-state index contributed by atoms with van der Waals surface area (Å²) < 4.78 is 38.7. The maximum Gasteiger partial charge on any atom is 0.416 e. The van der Waals surface area contributed by atoms with Crippen molar-refractivity contribution in [3.8, 4) is 0 Å². The number of nitrogens with two attached hydrogens (primary N) is 1. The van der Waals surface area contributed by atoms with Crippen LogP contribution in [0.5, 0.6) is 0 Å². The largest absolute Gasteiger partial charge is 0.416 e. The fraction of sp³-hybridized carbons (Fsp3) is 0.562. The number of rotatable bonds is 5. The van der Waals surface area contributed by atoms with E-state index in [0.29, 0.717) is 25.1 Å². The SMILES string of the molecule is CCCNc1ccc(C(F)(F)F)cc1NC(=O)C1CCC(N)C1.Cl.Cl. The van der Waals surface area contributed by atoms with Gasteiger partial charge in [-0.3, -0.25) is 4.79 Å². The quantitative estimate of drug-likeness (QED) is 0.683. The molecule has 1 aliphatic rings. The van der Waals surface area contributed by atoms with Crippen molar-refractivity contribution in [1.29, 1.82) is 0 Å². The number of carbonyl (C=O) groups is 1. The Morgan fingerprint density at radius 1 is 1.24 bits per heavy atom. The van der Waals surface area contributed by atoms with Crippen molar-refractivity contribution < 1.29 is 18.0 Å². The van der Waals surface area contributed by atoms with Crippen molar-refractivity contribution in [3.05, 3.63) is 23.8 Å². The molecule has 4 N–H and O–H groups in total. The van der Waals surface area contributed by atoms with Crippen LogP contribution >= 0.6 is 24.8 Å². The zero-order valence-electron chi connectivity index (χ0n) is 13.9. The summed E-state index contributed by atoms with van der Waals surface area (Å²) >= 11 is 0. The number of nitrogens with one attached hydrogen (secondary N) is 2. The van der Waals surface area contributed by atoms with Crippen LogP contribution in [-0.4, -0.2) is 18.5 Å². The van der Waals surface area contributed by atoms with E-state index in [2.05, 4.69) is 10.6 Å². The summed E-state index contributed by atoms with van der Waals surface area (Å²) in [6.07, 6.45) is -1.61. The first-order valence-corrected chi connectivity index (χ1v) is 7.82. The van der Waals surface area contributed by atoms with E-state index in [-0.39, 0.29) is 48.4 Å². The summed E-state index contributed by atoms with van der Waals surface area (Å²) in [4.78, 5) is 12.3.